The monoisotopic (exact) mass is 377 g/mol. The number of aryl methyl sites for hydroxylation is 1. The maximum atomic E-state index is 11.0. The standard InChI is InChI=1S/C22H23N3O3/c1-14-3-4-18-17(5-6-20(28-2)22(18)24-14)19-11-15(7-9-23-19)16-8-10-25(12-16)13-21(26)27/h3-7,9,11,16H,8,10,12-13H2,1-2H3,(H,26,27)/t16-/m1/s1. The summed E-state index contributed by atoms with van der Waals surface area (Å²) in [6, 6.07) is 12.2. The van der Waals surface area contributed by atoms with Crippen LogP contribution >= 0.6 is 0 Å². The molecular weight excluding hydrogens is 354 g/mol. The van der Waals surface area contributed by atoms with Gasteiger partial charge >= 0.3 is 5.97 Å². The number of carboxylic acid groups (broad SMARTS) is 1. The van der Waals surface area contributed by atoms with Crippen LogP contribution in [0.15, 0.2) is 42.6 Å². The Kier molecular flexibility index (Phi) is 4.96. The zero-order chi connectivity index (χ0) is 19.7. The van der Waals surface area contributed by atoms with E-state index in [9.17, 15) is 4.79 Å². The van der Waals surface area contributed by atoms with Crippen LogP contribution in [0.5, 0.6) is 5.75 Å². The summed E-state index contributed by atoms with van der Waals surface area (Å²) in [4.78, 5) is 22.2. The summed E-state index contributed by atoms with van der Waals surface area (Å²) in [5.74, 6) is 0.299. The van der Waals surface area contributed by atoms with Crippen molar-refractivity contribution in [3.05, 3.63) is 53.9 Å². The molecule has 3 aromatic rings. The van der Waals surface area contributed by atoms with Crippen molar-refractivity contribution in [1.82, 2.24) is 14.9 Å². The molecule has 6 nitrogen and oxygen atoms in total. The predicted octanol–water partition coefficient (Wildman–Crippen LogP) is 3.49. The summed E-state index contributed by atoms with van der Waals surface area (Å²) in [5, 5.41) is 10.0. The van der Waals surface area contributed by atoms with E-state index < -0.39 is 5.97 Å². The van der Waals surface area contributed by atoms with E-state index in [4.69, 9.17) is 9.84 Å². The van der Waals surface area contributed by atoms with Gasteiger partial charge in [-0.2, -0.15) is 0 Å². The lowest BCUT2D eigenvalue weighted by atomic mass is 9.96. The molecule has 1 aliphatic rings. The molecule has 1 aromatic carbocycles. The Morgan fingerprint density at radius 1 is 1.29 bits per heavy atom. The molecule has 1 atom stereocenters. The molecule has 0 bridgehead atoms. The molecule has 0 aliphatic carbocycles. The van der Waals surface area contributed by atoms with E-state index in [0.29, 0.717) is 5.92 Å². The smallest absolute Gasteiger partial charge is 0.317 e. The number of methoxy groups -OCH3 is 1. The fourth-order valence-corrected chi connectivity index (χ4v) is 3.97. The number of nitrogens with zero attached hydrogens (tertiary/aromatic N) is 3. The predicted molar refractivity (Wildman–Crippen MR) is 108 cm³/mol. The highest BCUT2D eigenvalue weighted by Crippen LogP contribution is 2.34. The van der Waals surface area contributed by atoms with Crippen molar-refractivity contribution >= 4 is 16.9 Å². The number of carbonyl (C=O) groups is 1. The average Bonchev–Trinajstić information content (AvgIpc) is 3.15. The van der Waals surface area contributed by atoms with E-state index in [2.05, 4.69) is 22.1 Å². The normalized spacial score (nSPS) is 17.1. The minimum absolute atomic E-state index is 0.0998. The van der Waals surface area contributed by atoms with Crippen LogP contribution in [0.1, 0.15) is 23.6 Å². The first kappa shape index (κ1) is 18.4. The van der Waals surface area contributed by atoms with Crippen LogP contribution in [0.25, 0.3) is 22.2 Å². The summed E-state index contributed by atoms with van der Waals surface area (Å²) in [6.45, 7) is 3.64. The SMILES string of the molecule is COc1ccc(-c2cc([C@@H]3CCN(CC(=O)O)C3)ccn2)c2ccc(C)nc12. The summed E-state index contributed by atoms with van der Waals surface area (Å²) in [6.07, 6.45) is 2.79. The number of fused-ring (bicyclic) bond motifs is 1. The minimum atomic E-state index is -0.774. The Morgan fingerprint density at radius 2 is 2.14 bits per heavy atom. The summed E-state index contributed by atoms with van der Waals surface area (Å²) < 4.78 is 5.49. The van der Waals surface area contributed by atoms with E-state index in [1.807, 2.05) is 42.3 Å². The number of ether oxygens (including phenoxy) is 1. The van der Waals surface area contributed by atoms with Crippen molar-refractivity contribution in [2.45, 2.75) is 19.3 Å². The maximum Gasteiger partial charge on any atom is 0.317 e. The van der Waals surface area contributed by atoms with E-state index >= 15 is 0 Å². The number of rotatable bonds is 5. The second-order valence-electron chi connectivity index (χ2n) is 7.25. The molecule has 3 heterocycles. The molecule has 1 fully saturated rings. The van der Waals surface area contributed by atoms with Gasteiger partial charge in [-0.05, 0) is 61.7 Å². The highest BCUT2D eigenvalue weighted by Gasteiger charge is 2.25. The van der Waals surface area contributed by atoms with Crippen molar-refractivity contribution in [2.75, 3.05) is 26.7 Å². The summed E-state index contributed by atoms with van der Waals surface area (Å²) >= 11 is 0. The van der Waals surface area contributed by atoms with Crippen LogP contribution in [-0.2, 0) is 4.79 Å². The van der Waals surface area contributed by atoms with Crippen molar-refractivity contribution < 1.29 is 14.6 Å². The van der Waals surface area contributed by atoms with Gasteiger partial charge in [0.1, 0.15) is 11.3 Å². The largest absolute Gasteiger partial charge is 0.494 e. The molecule has 0 spiro atoms. The van der Waals surface area contributed by atoms with E-state index in [1.54, 1.807) is 7.11 Å². The van der Waals surface area contributed by atoms with E-state index in [0.717, 1.165) is 53.1 Å². The molecule has 28 heavy (non-hydrogen) atoms. The zero-order valence-corrected chi connectivity index (χ0v) is 16.1. The molecule has 2 aromatic heterocycles. The molecular formula is C22H23N3O3. The number of hydrogen-bond acceptors (Lipinski definition) is 5. The Labute approximate surface area is 163 Å². The number of benzene rings is 1. The molecule has 0 unspecified atom stereocenters. The number of pyridine rings is 2. The third-order valence-corrected chi connectivity index (χ3v) is 5.34. The van der Waals surface area contributed by atoms with Gasteiger partial charge in [0.15, 0.2) is 0 Å². The lowest BCUT2D eigenvalue weighted by Crippen LogP contribution is -2.27. The number of hydrogen-bond donors (Lipinski definition) is 1. The van der Waals surface area contributed by atoms with Crippen LogP contribution in [0.3, 0.4) is 0 Å². The van der Waals surface area contributed by atoms with Gasteiger partial charge in [-0.15, -0.1) is 0 Å². The van der Waals surface area contributed by atoms with Crippen LogP contribution in [-0.4, -0.2) is 52.7 Å². The molecule has 144 valence electrons. The maximum absolute atomic E-state index is 11.0. The molecule has 6 heteroatoms. The summed E-state index contributed by atoms with van der Waals surface area (Å²) in [5.41, 5.74) is 4.88. The second kappa shape index (κ2) is 7.56. The van der Waals surface area contributed by atoms with Gasteiger partial charge in [0.2, 0.25) is 0 Å². The van der Waals surface area contributed by atoms with Gasteiger partial charge in [0.25, 0.3) is 0 Å². The topological polar surface area (TPSA) is 75.5 Å². The fourth-order valence-electron chi connectivity index (χ4n) is 3.97. The van der Waals surface area contributed by atoms with Gasteiger partial charge < -0.3 is 9.84 Å². The first-order chi connectivity index (χ1) is 13.5. The quantitative estimate of drug-likeness (QED) is 0.734. The lowest BCUT2D eigenvalue weighted by Gasteiger charge is -2.15. The molecule has 0 radical (unpaired) electrons. The van der Waals surface area contributed by atoms with Crippen LogP contribution in [0, 0.1) is 6.92 Å². The number of carboxylic acids is 1. The van der Waals surface area contributed by atoms with E-state index in [-0.39, 0.29) is 6.54 Å². The minimum Gasteiger partial charge on any atom is -0.494 e. The van der Waals surface area contributed by atoms with Crippen molar-refractivity contribution in [3.63, 3.8) is 0 Å². The molecule has 4 rings (SSSR count). The van der Waals surface area contributed by atoms with Gasteiger partial charge in [-0.25, -0.2) is 4.98 Å². The van der Waals surface area contributed by atoms with E-state index in [1.165, 1.54) is 5.56 Å². The summed E-state index contributed by atoms with van der Waals surface area (Å²) in [7, 11) is 1.65. The number of aromatic nitrogens is 2. The van der Waals surface area contributed by atoms with Crippen molar-refractivity contribution in [3.8, 4) is 17.0 Å². The Balaban J connectivity index is 1.70. The van der Waals surface area contributed by atoms with Crippen molar-refractivity contribution in [2.24, 2.45) is 0 Å². The first-order valence-electron chi connectivity index (χ1n) is 9.40. The fraction of sp³-hybridized carbons (Fsp3) is 0.318. The first-order valence-corrected chi connectivity index (χ1v) is 9.40. The van der Waals surface area contributed by atoms with Crippen LogP contribution < -0.4 is 4.74 Å². The van der Waals surface area contributed by atoms with Gasteiger partial charge in [0, 0.05) is 29.4 Å². The van der Waals surface area contributed by atoms with Crippen LogP contribution in [0.4, 0.5) is 0 Å². The molecule has 0 saturated carbocycles. The third kappa shape index (κ3) is 3.55. The van der Waals surface area contributed by atoms with Gasteiger partial charge in [0.05, 0.1) is 19.3 Å². The number of aliphatic carboxylic acids is 1. The Morgan fingerprint density at radius 3 is 2.93 bits per heavy atom. The lowest BCUT2D eigenvalue weighted by molar-refractivity contribution is -0.138. The molecule has 1 aliphatic heterocycles. The van der Waals surface area contributed by atoms with Crippen molar-refractivity contribution in [1.29, 1.82) is 0 Å². The third-order valence-electron chi connectivity index (χ3n) is 5.34. The Hall–Kier alpha value is -2.99. The highest BCUT2D eigenvalue weighted by atomic mass is 16.5. The number of likely N-dealkylation sites (tertiary alicyclic amines) is 1. The molecule has 0 amide bonds. The molecule has 1 N–H and O–H groups in total. The van der Waals surface area contributed by atoms with Gasteiger partial charge in [-0.3, -0.25) is 14.7 Å². The zero-order valence-electron chi connectivity index (χ0n) is 16.1. The average molecular weight is 377 g/mol. The second-order valence-corrected chi connectivity index (χ2v) is 7.25. The molecule has 1 saturated heterocycles. The van der Waals surface area contributed by atoms with Crippen LogP contribution in [0.2, 0.25) is 0 Å². The highest BCUT2D eigenvalue weighted by molar-refractivity contribution is 5.97. The Bertz CT molecular complexity index is 1030. The van der Waals surface area contributed by atoms with Gasteiger partial charge in [-0.1, -0.05) is 6.07 Å².